The molecule has 0 N–H and O–H groups in total. The maximum absolute atomic E-state index is 12.8. The van der Waals surface area contributed by atoms with Gasteiger partial charge in [0.25, 0.3) is 0 Å². The van der Waals surface area contributed by atoms with E-state index in [2.05, 4.69) is 0 Å². The van der Waals surface area contributed by atoms with E-state index in [9.17, 15) is 4.39 Å². The van der Waals surface area contributed by atoms with Crippen LogP contribution in [-0.4, -0.2) is 0 Å². The first-order chi connectivity index (χ1) is 6.68. The highest BCUT2D eigenvalue weighted by Gasteiger charge is 2.25. The molecule has 14 heavy (non-hydrogen) atoms. The predicted molar refractivity (Wildman–Crippen MR) is 55.7 cm³/mol. The normalized spacial score (nSPS) is 23.8. The minimum absolute atomic E-state index is 0.0331. The second-order valence-electron chi connectivity index (χ2n) is 3.19. The monoisotopic (exact) mass is 196 g/mol. The highest BCUT2D eigenvalue weighted by atomic mass is 19.1. The molecule has 1 aliphatic rings. The van der Waals surface area contributed by atoms with E-state index >= 15 is 0 Å². The van der Waals surface area contributed by atoms with E-state index in [1.54, 1.807) is 12.1 Å². The van der Waals surface area contributed by atoms with Crippen LogP contribution in [0.5, 0.6) is 0 Å². The van der Waals surface area contributed by atoms with E-state index in [0.29, 0.717) is 0 Å². The number of hydrogen-bond acceptors (Lipinski definition) is 1. The molecule has 0 radical (unpaired) electrons. The molecule has 1 nitrogen and oxygen atoms in total. The van der Waals surface area contributed by atoms with Crippen molar-refractivity contribution < 1.29 is 9.13 Å². The molecule has 2 unspecified atom stereocenters. The van der Waals surface area contributed by atoms with Crippen molar-refractivity contribution in [1.29, 1.82) is 0 Å². The van der Waals surface area contributed by atoms with Crippen molar-refractivity contribution in [2.75, 3.05) is 0 Å². The lowest BCUT2D eigenvalue weighted by Gasteiger charge is -2.03. The van der Waals surface area contributed by atoms with Crippen molar-refractivity contribution >= 4 is 0 Å². The molecule has 0 spiro atoms. The molecule has 0 fully saturated rings. The Kier molecular flexibility index (Phi) is 3.64. The second-order valence-corrected chi connectivity index (χ2v) is 3.19. The van der Waals surface area contributed by atoms with Crippen molar-refractivity contribution in [1.82, 2.24) is 0 Å². The summed E-state index contributed by atoms with van der Waals surface area (Å²) >= 11 is 0. The van der Waals surface area contributed by atoms with E-state index < -0.39 is 0 Å². The summed E-state index contributed by atoms with van der Waals surface area (Å²) in [6, 6.07) is 4.85. The lowest BCUT2D eigenvalue weighted by Crippen LogP contribution is -1.88. The Labute approximate surface area is 84.9 Å². The Bertz CT molecular complexity index is 309. The summed E-state index contributed by atoms with van der Waals surface area (Å²) in [5.74, 6) is -0.182. The van der Waals surface area contributed by atoms with E-state index in [4.69, 9.17) is 4.74 Å². The first kappa shape index (κ1) is 11.2. The molecule has 2 atom stereocenters. The van der Waals surface area contributed by atoms with Crippen LogP contribution in [0.2, 0.25) is 0 Å². The standard InChI is InChI=1S/C10H11FO.C2H6/c1-6-9-4-3-8(11)5-10(9)7(2)12-6;1-2/h3-7H,1-2H3;1-2H3. The van der Waals surface area contributed by atoms with Crippen molar-refractivity contribution in [2.24, 2.45) is 0 Å². The SMILES string of the molecule is CC.CC1OC(C)c2cc(F)ccc21. The van der Waals surface area contributed by atoms with Gasteiger partial charge in [-0.3, -0.25) is 0 Å². The van der Waals surface area contributed by atoms with Crippen LogP contribution in [0.25, 0.3) is 0 Å². The van der Waals surface area contributed by atoms with E-state index in [1.807, 2.05) is 27.7 Å². The number of fused-ring (bicyclic) bond motifs is 1. The van der Waals surface area contributed by atoms with Crippen molar-refractivity contribution in [2.45, 2.75) is 39.9 Å². The van der Waals surface area contributed by atoms with Gasteiger partial charge in [-0.15, -0.1) is 0 Å². The molecule has 1 aromatic rings. The van der Waals surface area contributed by atoms with E-state index in [1.165, 1.54) is 6.07 Å². The molecular weight excluding hydrogens is 179 g/mol. The maximum Gasteiger partial charge on any atom is 0.123 e. The summed E-state index contributed by atoms with van der Waals surface area (Å²) in [5, 5.41) is 0. The van der Waals surface area contributed by atoms with Crippen molar-refractivity contribution in [3.63, 3.8) is 0 Å². The van der Waals surface area contributed by atoms with Gasteiger partial charge in [-0.05, 0) is 37.1 Å². The molecule has 2 rings (SSSR count). The zero-order chi connectivity index (χ0) is 10.7. The summed E-state index contributed by atoms with van der Waals surface area (Å²) in [5.41, 5.74) is 2.10. The van der Waals surface area contributed by atoms with Gasteiger partial charge in [-0.2, -0.15) is 0 Å². The Balaban J connectivity index is 0.000000461. The van der Waals surface area contributed by atoms with Crippen molar-refractivity contribution in [3.05, 3.63) is 35.1 Å². The summed E-state index contributed by atoms with van der Waals surface area (Å²) in [7, 11) is 0. The predicted octanol–water partition coefficient (Wildman–Crippen LogP) is 4.00. The average molecular weight is 196 g/mol. The summed E-state index contributed by atoms with van der Waals surface area (Å²) in [6.45, 7) is 7.93. The van der Waals surface area contributed by atoms with Gasteiger partial charge in [0.2, 0.25) is 0 Å². The van der Waals surface area contributed by atoms with Crippen molar-refractivity contribution in [3.8, 4) is 0 Å². The minimum Gasteiger partial charge on any atom is -0.366 e. The first-order valence-electron chi connectivity index (χ1n) is 5.13. The average Bonchev–Trinajstić information content (AvgIpc) is 2.46. The van der Waals surface area contributed by atoms with Gasteiger partial charge in [0, 0.05) is 0 Å². The quantitative estimate of drug-likeness (QED) is 0.609. The number of benzene rings is 1. The lowest BCUT2D eigenvalue weighted by molar-refractivity contribution is 0.0332. The fraction of sp³-hybridized carbons (Fsp3) is 0.500. The third kappa shape index (κ3) is 1.95. The molecule has 78 valence electrons. The smallest absolute Gasteiger partial charge is 0.123 e. The number of ether oxygens (including phenoxy) is 1. The van der Waals surface area contributed by atoms with Crippen LogP contribution in [0.15, 0.2) is 18.2 Å². The Morgan fingerprint density at radius 2 is 1.64 bits per heavy atom. The van der Waals surface area contributed by atoms with Gasteiger partial charge in [0.15, 0.2) is 0 Å². The summed E-state index contributed by atoms with van der Waals surface area (Å²) in [4.78, 5) is 0. The summed E-state index contributed by atoms with van der Waals surface area (Å²) < 4.78 is 18.3. The van der Waals surface area contributed by atoms with Gasteiger partial charge < -0.3 is 4.74 Å². The first-order valence-corrected chi connectivity index (χ1v) is 5.13. The molecule has 0 aromatic heterocycles. The fourth-order valence-corrected chi connectivity index (χ4v) is 1.72. The second kappa shape index (κ2) is 4.56. The third-order valence-corrected chi connectivity index (χ3v) is 2.33. The van der Waals surface area contributed by atoms with Crippen LogP contribution < -0.4 is 0 Å². The third-order valence-electron chi connectivity index (χ3n) is 2.33. The lowest BCUT2D eigenvalue weighted by atomic mass is 10.0. The summed E-state index contributed by atoms with van der Waals surface area (Å²) in [6.07, 6.45) is 0.140. The Hall–Kier alpha value is -0.890. The molecular formula is C12H17FO. The molecule has 0 bridgehead atoms. The van der Waals surface area contributed by atoms with Gasteiger partial charge in [0.1, 0.15) is 5.82 Å². The topological polar surface area (TPSA) is 9.23 Å². The van der Waals surface area contributed by atoms with E-state index in [-0.39, 0.29) is 18.0 Å². The molecule has 1 heterocycles. The van der Waals surface area contributed by atoms with Crippen LogP contribution in [0, 0.1) is 5.82 Å². The van der Waals surface area contributed by atoms with Crippen LogP contribution in [-0.2, 0) is 4.74 Å². The molecule has 1 aromatic carbocycles. The maximum atomic E-state index is 12.8. The zero-order valence-electron chi connectivity index (χ0n) is 9.17. The fourth-order valence-electron chi connectivity index (χ4n) is 1.72. The number of hydrogen-bond donors (Lipinski definition) is 0. The van der Waals surface area contributed by atoms with Gasteiger partial charge in [0.05, 0.1) is 12.2 Å². The largest absolute Gasteiger partial charge is 0.366 e. The number of halogens is 1. The Morgan fingerprint density at radius 1 is 1.07 bits per heavy atom. The zero-order valence-corrected chi connectivity index (χ0v) is 9.17. The minimum atomic E-state index is -0.182. The highest BCUT2D eigenvalue weighted by molar-refractivity contribution is 5.34. The molecule has 0 aliphatic carbocycles. The molecule has 2 heteroatoms. The Morgan fingerprint density at radius 3 is 2.29 bits per heavy atom. The van der Waals surface area contributed by atoms with Gasteiger partial charge >= 0.3 is 0 Å². The molecule has 0 amide bonds. The van der Waals surface area contributed by atoms with Crippen LogP contribution in [0.4, 0.5) is 4.39 Å². The van der Waals surface area contributed by atoms with Gasteiger partial charge in [-0.1, -0.05) is 19.9 Å². The van der Waals surface area contributed by atoms with Crippen LogP contribution >= 0.6 is 0 Å². The molecule has 1 aliphatic heterocycles. The highest BCUT2D eigenvalue weighted by Crippen LogP contribution is 2.38. The number of rotatable bonds is 0. The molecule has 0 saturated heterocycles. The molecule has 0 saturated carbocycles. The van der Waals surface area contributed by atoms with Crippen LogP contribution in [0.1, 0.15) is 51.0 Å². The van der Waals surface area contributed by atoms with Gasteiger partial charge in [-0.25, -0.2) is 4.39 Å². The van der Waals surface area contributed by atoms with E-state index in [0.717, 1.165) is 11.1 Å². The van der Waals surface area contributed by atoms with Crippen LogP contribution in [0.3, 0.4) is 0 Å².